The van der Waals surface area contributed by atoms with E-state index < -0.39 is 11.4 Å². The molecule has 1 saturated carbocycles. The zero-order valence-electron chi connectivity index (χ0n) is 11.7. The number of carbonyl (C=O) groups is 1. The first-order valence-electron chi connectivity index (χ1n) is 6.92. The lowest BCUT2D eigenvalue weighted by atomic mass is 9.81. The lowest BCUT2D eigenvalue weighted by molar-refractivity contribution is -0.151. The van der Waals surface area contributed by atoms with Gasteiger partial charge in [-0.3, -0.25) is 9.69 Å². The fourth-order valence-electron chi connectivity index (χ4n) is 2.48. The zero-order chi connectivity index (χ0) is 13.1. The van der Waals surface area contributed by atoms with Crippen molar-refractivity contribution in [3.05, 3.63) is 0 Å². The van der Waals surface area contributed by atoms with E-state index in [0.29, 0.717) is 12.0 Å². The van der Waals surface area contributed by atoms with Crippen LogP contribution in [0.15, 0.2) is 0 Å². The number of aliphatic carboxylic acids is 1. The standard InChI is InChI=1S/C14H27NO2/c1-5-14(6-2,13(16)17)10-15(9-11(3)4)12-7-8-12/h11-12H,5-10H2,1-4H3,(H,16,17). The summed E-state index contributed by atoms with van der Waals surface area (Å²) in [4.78, 5) is 13.9. The van der Waals surface area contributed by atoms with Crippen LogP contribution in [-0.2, 0) is 4.79 Å². The summed E-state index contributed by atoms with van der Waals surface area (Å²) < 4.78 is 0. The molecule has 0 spiro atoms. The maximum Gasteiger partial charge on any atom is 0.310 e. The Morgan fingerprint density at radius 2 is 1.88 bits per heavy atom. The van der Waals surface area contributed by atoms with Crippen LogP contribution in [0, 0.1) is 11.3 Å². The molecule has 1 aliphatic carbocycles. The molecular formula is C14H27NO2. The molecule has 0 aromatic rings. The third kappa shape index (κ3) is 3.70. The van der Waals surface area contributed by atoms with E-state index in [4.69, 9.17) is 0 Å². The molecule has 1 N–H and O–H groups in total. The van der Waals surface area contributed by atoms with Crippen molar-refractivity contribution in [3.8, 4) is 0 Å². The topological polar surface area (TPSA) is 40.5 Å². The highest BCUT2D eigenvalue weighted by atomic mass is 16.4. The molecule has 3 heteroatoms. The first kappa shape index (κ1) is 14.5. The first-order chi connectivity index (χ1) is 7.95. The Morgan fingerprint density at radius 3 is 2.18 bits per heavy atom. The summed E-state index contributed by atoms with van der Waals surface area (Å²) in [5.41, 5.74) is -0.544. The van der Waals surface area contributed by atoms with Crippen molar-refractivity contribution >= 4 is 5.97 Å². The minimum atomic E-state index is -0.628. The van der Waals surface area contributed by atoms with E-state index in [2.05, 4.69) is 18.7 Å². The third-order valence-corrected chi connectivity index (χ3v) is 3.98. The molecule has 1 aliphatic rings. The van der Waals surface area contributed by atoms with Crippen LogP contribution >= 0.6 is 0 Å². The molecule has 100 valence electrons. The minimum Gasteiger partial charge on any atom is -0.481 e. The van der Waals surface area contributed by atoms with Crippen LogP contribution in [-0.4, -0.2) is 35.1 Å². The first-order valence-corrected chi connectivity index (χ1v) is 6.92. The molecule has 0 radical (unpaired) electrons. The second-order valence-electron chi connectivity index (χ2n) is 5.85. The zero-order valence-corrected chi connectivity index (χ0v) is 11.7. The van der Waals surface area contributed by atoms with Crippen molar-refractivity contribution in [2.24, 2.45) is 11.3 Å². The van der Waals surface area contributed by atoms with E-state index in [1.807, 2.05) is 13.8 Å². The molecule has 17 heavy (non-hydrogen) atoms. The van der Waals surface area contributed by atoms with Crippen LogP contribution < -0.4 is 0 Å². The van der Waals surface area contributed by atoms with Gasteiger partial charge in [0, 0.05) is 19.1 Å². The van der Waals surface area contributed by atoms with Crippen LogP contribution in [0.25, 0.3) is 0 Å². The number of carboxylic acids is 1. The summed E-state index contributed by atoms with van der Waals surface area (Å²) in [6.07, 6.45) is 3.94. The number of hydrogen-bond acceptors (Lipinski definition) is 2. The molecule has 0 aromatic carbocycles. The molecule has 1 rings (SSSR count). The van der Waals surface area contributed by atoms with E-state index in [-0.39, 0.29) is 0 Å². The van der Waals surface area contributed by atoms with Crippen LogP contribution in [0.2, 0.25) is 0 Å². The lowest BCUT2D eigenvalue weighted by Crippen LogP contribution is -2.44. The van der Waals surface area contributed by atoms with Crippen molar-refractivity contribution in [3.63, 3.8) is 0 Å². The van der Waals surface area contributed by atoms with Crippen molar-refractivity contribution in [1.82, 2.24) is 4.90 Å². The Hall–Kier alpha value is -0.570. The highest BCUT2D eigenvalue weighted by molar-refractivity contribution is 5.74. The SMILES string of the molecule is CCC(CC)(CN(CC(C)C)C1CC1)C(=O)O. The fraction of sp³-hybridized carbons (Fsp3) is 0.929. The molecule has 0 unspecified atom stereocenters. The van der Waals surface area contributed by atoms with E-state index in [1.165, 1.54) is 12.8 Å². The lowest BCUT2D eigenvalue weighted by Gasteiger charge is -2.34. The van der Waals surface area contributed by atoms with Gasteiger partial charge >= 0.3 is 5.97 Å². The summed E-state index contributed by atoms with van der Waals surface area (Å²) in [7, 11) is 0. The number of rotatable bonds is 8. The Kier molecular flexibility index (Phi) is 4.99. The van der Waals surface area contributed by atoms with Gasteiger partial charge in [0.05, 0.1) is 5.41 Å². The van der Waals surface area contributed by atoms with Crippen molar-refractivity contribution < 1.29 is 9.90 Å². The number of carboxylic acid groups (broad SMARTS) is 1. The number of nitrogens with zero attached hydrogens (tertiary/aromatic N) is 1. The van der Waals surface area contributed by atoms with Gasteiger partial charge in [0.1, 0.15) is 0 Å². The van der Waals surface area contributed by atoms with Gasteiger partial charge in [-0.1, -0.05) is 27.7 Å². The van der Waals surface area contributed by atoms with Crippen molar-refractivity contribution in [2.45, 2.75) is 59.4 Å². The monoisotopic (exact) mass is 241 g/mol. The van der Waals surface area contributed by atoms with Gasteiger partial charge < -0.3 is 5.11 Å². The van der Waals surface area contributed by atoms with Crippen LogP contribution in [0.1, 0.15) is 53.4 Å². The second-order valence-corrected chi connectivity index (χ2v) is 5.85. The second kappa shape index (κ2) is 5.85. The maximum absolute atomic E-state index is 11.5. The van der Waals surface area contributed by atoms with Gasteiger partial charge in [-0.05, 0) is 31.6 Å². The van der Waals surface area contributed by atoms with Gasteiger partial charge in [0.15, 0.2) is 0 Å². The molecule has 0 heterocycles. The molecule has 0 aliphatic heterocycles. The molecular weight excluding hydrogens is 214 g/mol. The average molecular weight is 241 g/mol. The predicted molar refractivity (Wildman–Crippen MR) is 70.1 cm³/mol. The molecule has 0 bridgehead atoms. The molecule has 3 nitrogen and oxygen atoms in total. The van der Waals surface area contributed by atoms with Gasteiger partial charge in [-0.2, -0.15) is 0 Å². The Morgan fingerprint density at radius 1 is 1.35 bits per heavy atom. The predicted octanol–water partition coefficient (Wildman–Crippen LogP) is 3.00. The van der Waals surface area contributed by atoms with Gasteiger partial charge in [0.25, 0.3) is 0 Å². The summed E-state index contributed by atoms with van der Waals surface area (Å²) in [5, 5.41) is 9.48. The van der Waals surface area contributed by atoms with E-state index in [0.717, 1.165) is 25.9 Å². The largest absolute Gasteiger partial charge is 0.481 e. The highest BCUT2D eigenvalue weighted by Crippen LogP contribution is 2.34. The van der Waals surface area contributed by atoms with Gasteiger partial charge in [-0.25, -0.2) is 0 Å². The van der Waals surface area contributed by atoms with Crippen LogP contribution in [0.4, 0.5) is 0 Å². The Bertz CT molecular complexity index is 255. The molecule has 0 atom stereocenters. The third-order valence-electron chi connectivity index (χ3n) is 3.98. The van der Waals surface area contributed by atoms with Crippen molar-refractivity contribution in [1.29, 1.82) is 0 Å². The minimum absolute atomic E-state index is 0.544. The summed E-state index contributed by atoms with van der Waals surface area (Å²) in [5.74, 6) is -0.0206. The van der Waals surface area contributed by atoms with E-state index >= 15 is 0 Å². The smallest absolute Gasteiger partial charge is 0.310 e. The fourth-order valence-corrected chi connectivity index (χ4v) is 2.48. The highest BCUT2D eigenvalue weighted by Gasteiger charge is 2.40. The van der Waals surface area contributed by atoms with E-state index in [1.54, 1.807) is 0 Å². The molecule has 0 aromatic heterocycles. The normalized spacial score (nSPS) is 16.8. The van der Waals surface area contributed by atoms with Gasteiger partial charge in [0.2, 0.25) is 0 Å². The molecule has 0 amide bonds. The average Bonchev–Trinajstić information content (AvgIpc) is 3.07. The Balaban J connectivity index is 2.71. The molecule has 0 saturated heterocycles. The van der Waals surface area contributed by atoms with Crippen LogP contribution in [0.3, 0.4) is 0 Å². The summed E-state index contributed by atoms with van der Waals surface area (Å²) in [6.45, 7) is 10.2. The summed E-state index contributed by atoms with van der Waals surface area (Å²) in [6, 6.07) is 0.647. The summed E-state index contributed by atoms with van der Waals surface area (Å²) >= 11 is 0. The quantitative estimate of drug-likeness (QED) is 0.710. The molecule has 1 fully saturated rings. The van der Waals surface area contributed by atoms with E-state index in [9.17, 15) is 9.90 Å². The Labute approximate surface area is 105 Å². The van der Waals surface area contributed by atoms with Crippen molar-refractivity contribution in [2.75, 3.05) is 13.1 Å². The number of hydrogen-bond donors (Lipinski definition) is 1. The van der Waals surface area contributed by atoms with Gasteiger partial charge in [-0.15, -0.1) is 0 Å². The maximum atomic E-state index is 11.5. The van der Waals surface area contributed by atoms with Crippen LogP contribution in [0.5, 0.6) is 0 Å².